The van der Waals surface area contributed by atoms with E-state index in [-0.39, 0.29) is 18.5 Å². The number of aromatic amines is 1. The molecule has 160 valence electrons. The first-order chi connectivity index (χ1) is 15.0. The molecule has 4 rings (SSSR count). The molecule has 2 aromatic carbocycles. The average Bonchev–Trinajstić information content (AvgIpc) is 3.16. The van der Waals surface area contributed by atoms with Gasteiger partial charge in [0.1, 0.15) is 41.4 Å². The molecule has 0 bridgehead atoms. The molecule has 4 aromatic rings. The molecule has 0 radical (unpaired) electrons. The topological polar surface area (TPSA) is 69.3 Å². The number of halogens is 2. The SMILES string of the molecule is COC[C@H](C)Oc1cc(OCc2ccccc2F)cc(-c2nc3cc(Br)cnc3[nH]2)c1. The van der Waals surface area contributed by atoms with Gasteiger partial charge in [-0.15, -0.1) is 0 Å². The average molecular weight is 486 g/mol. The first kappa shape index (κ1) is 21.3. The summed E-state index contributed by atoms with van der Waals surface area (Å²) in [6.45, 7) is 2.45. The molecule has 31 heavy (non-hydrogen) atoms. The quantitative estimate of drug-likeness (QED) is 0.355. The molecule has 2 heterocycles. The maximum atomic E-state index is 14.0. The Morgan fingerprint density at radius 3 is 2.74 bits per heavy atom. The van der Waals surface area contributed by atoms with Crippen molar-refractivity contribution in [2.45, 2.75) is 19.6 Å². The number of nitrogens with one attached hydrogen (secondary N) is 1. The first-order valence-corrected chi connectivity index (χ1v) is 10.5. The monoisotopic (exact) mass is 485 g/mol. The van der Waals surface area contributed by atoms with E-state index < -0.39 is 0 Å². The Hall–Kier alpha value is -2.97. The molecule has 0 unspecified atom stereocenters. The van der Waals surface area contributed by atoms with Crippen molar-refractivity contribution in [1.29, 1.82) is 0 Å². The van der Waals surface area contributed by atoms with E-state index in [2.05, 4.69) is 30.9 Å². The van der Waals surface area contributed by atoms with Gasteiger partial charge in [0.05, 0.1) is 6.61 Å². The summed E-state index contributed by atoms with van der Waals surface area (Å²) in [6, 6.07) is 13.9. The fraction of sp³-hybridized carbons (Fsp3) is 0.217. The highest BCUT2D eigenvalue weighted by atomic mass is 79.9. The van der Waals surface area contributed by atoms with Crippen LogP contribution in [0.4, 0.5) is 4.39 Å². The molecule has 6 nitrogen and oxygen atoms in total. The number of rotatable bonds is 8. The van der Waals surface area contributed by atoms with E-state index in [0.717, 1.165) is 15.6 Å². The molecule has 0 fully saturated rings. The number of pyridine rings is 1. The van der Waals surface area contributed by atoms with Crippen LogP contribution in [0, 0.1) is 5.82 Å². The van der Waals surface area contributed by atoms with Crippen LogP contribution in [0.25, 0.3) is 22.6 Å². The second kappa shape index (κ2) is 9.45. The van der Waals surface area contributed by atoms with Gasteiger partial charge < -0.3 is 19.2 Å². The highest BCUT2D eigenvalue weighted by Gasteiger charge is 2.13. The highest BCUT2D eigenvalue weighted by molar-refractivity contribution is 9.10. The lowest BCUT2D eigenvalue weighted by molar-refractivity contribution is 0.0919. The number of benzene rings is 2. The summed E-state index contributed by atoms with van der Waals surface area (Å²) < 4.78 is 31.9. The van der Waals surface area contributed by atoms with Crippen molar-refractivity contribution >= 4 is 27.1 Å². The highest BCUT2D eigenvalue weighted by Crippen LogP contribution is 2.31. The minimum atomic E-state index is -0.308. The van der Waals surface area contributed by atoms with E-state index >= 15 is 0 Å². The molecular weight excluding hydrogens is 465 g/mol. The summed E-state index contributed by atoms with van der Waals surface area (Å²) in [5.41, 5.74) is 2.64. The van der Waals surface area contributed by atoms with E-state index in [4.69, 9.17) is 14.2 Å². The number of aromatic nitrogens is 3. The maximum absolute atomic E-state index is 14.0. The summed E-state index contributed by atoms with van der Waals surface area (Å²) in [4.78, 5) is 12.2. The first-order valence-electron chi connectivity index (χ1n) is 9.70. The smallest absolute Gasteiger partial charge is 0.157 e. The summed E-state index contributed by atoms with van der Waals surface area (Å²) in [5, 5.41) is 0. The second-order valence-electron chi connectivity index (χ2n) is 7.06. The number of imidazole rings is 1. The van der Waals surface area contributed by atoms with Gasteiger partial charge in [-0.2, -0.15) is 0 Å². The molecule has 0 aliphatic carbocycles. The van der Waals surface area contributed by atoms with Crippen LogP contribution in [0.2, 0.25) is 0 Å². The number of fused-ring (bicyclic) bond motifs is 1. The normalized spacial score (nSPS) is 12.1. The summed E-state index contributed by atoms with van der Waals surface area (Å²) in [7, 11) is 1.62. The molecule has 8 heteroatoms. The van der Waals surface area contributed by atoms with E-state index in [1.54, 1.807) is 37.6 Å². The zero-order chi connectivity index (χ0) is 21.8. The van der Waals surface area contributed by atoms with Crippen molar-refractivity contribution < 1.29 is 18.6 Å². The fourth-order valence-electron chi connectivity index (χ4n) is 3.14. The van der Waals surface area contributed by atoms with Crippen molar-refractivity contribution in [2.75, 3.05) is 13.7 Å². The van der Waals surface area contributed by atoms with Gasteiger partial charge in [-0.05, 0) is 47.1 Å². The molecule has 0 spiro atoms. The van der Waals surface area contributed by atoms with Crippen LogP contribution >= 0.6 is 15.9 Å². The van der Waals surface area contributed by atoms with Gasteiger partial charge in [0.2, 0.25) is 0 Å². The van der Waals surface area contributed by atoms with Crippen LogP contribution in [-0.4, -0.2) is 34.8 Å². The van der Waals surface area contributed by atoms with Gasteiger partial charge in [-0.3, -0.25) is 0 Å². The lowest BCUT2D eigenvalue weighted by Gasteiger charge is -2.16. The largest absolute Gasteiger partial charge is 0.489 e. The molecule has 0 saturated carbocycles. The number of ether oxygens (including phenoxy) is 3. The Morgan fingerprint density at radius 1 is 1.13 bits per heavy atom. The Balaban J connectivity index is 1.67. The lowest BCUT2D eigenvalue weighted by Crippen LogP contribution is -2.18. The van der Waals surface area contributed by atoms with Crippen molar-refractivity contribution in [2.24, 2.45) is 0 Å². The van der Waals surface area contributed by atoms with Gasteiger partial charge in [0.15, 0.2) is 5.65 Å². The molecule has 2 aromatic heterocycles. The molecular formula is C23H21BrFN3O3. The van der Waals surface area contributed by atoms with Crippen LogP contribution in [0.15, 0.2) is 59.2 Å². The third kappa shape index (κ3) is 5.21. The van der Waals surface area contributed by atoms with Gasteiger partial charge in [0, 0.05) is 35.0 Å². The number of methoxy groups -OCH3 is 1. The molecule has 0 aliphatic rings. The molecule has 0 aliphatic heterocycles. The number of hydrogen-bond acceptors (Lipinski definition) is 5. The predicted octanol–water partition coefficient (Wildman–Crippen LogP) is 5.52. The lowest BCUT2D eigenvalue weighted by atomic mass is 10.2. The Labute approximate surface area is 187 Å². The number of nitrogens with zero attached hydrogens (tertiary/aromatic N) is 2. The molecule has 1 N–H and O–H groups in total. The van der Waals surface area contributed by atoms with E-state index in [1.165, 1.54) is 6.07 Å². The third-order valence-corrected chi connectivity index (χ3v) is 4.98. The minimum absolute atomic E-state index is 0.0951. The summed E-state index contributed by atoms with van der Waals surface area (Å²) in [6.07, 6.45) is 1.55. The van der Waals surface area contributed by atoms with Crippen molar-refractivity contribution in [1.82, 2.24) is 15.0 Å². The number of H-pyrrole nitrogens is 1. The zero-order valence-corrected chi connectivity index (χ0v) is 18.6. The van der Waals surface area contributed by atoms with E-state index in [1.807, 2.05) is 25.1 Å². The van der Waals surface area contributed by atoms with Crippen molar-refractivity contribution in [3.05, 3.63) is 70.6 Å². The van der Waals surface area contributed by atoms with Gasteiger partial charge in [-0.25, -0.2) is 14.4 Å². The molecule has 0 amide bonds. The third-order valence-electron chi connectivity index (χ3n) is 4.55. The van der Waals surface area contributed by atoms with Gasteiger partial charge in [-0.1, -0.05) is 18.2 Å². The number of hydrogen-bond donors (Lipinski definition) is 1. The Kier molecular flexibility index (Phi) is 6.48. The van der Waals surface area contributed by atoms with Gasteiger partial charge in [0.25, 0.3) is 0 Å². The van der Waals surface area contributed by atoms with Crippen LogP contribution in [0.3, 0.4) is 0 Å². The van der Waals surface area contributed by atoms with Crippen molar-refractivity contribution in [3.8, 4) is 22.9 Å². The Bertz CT molecular complexity index is 1200. The van der Waals surface area contributed by atoms with Crippen LogP contribution in [0.1, 0.15) is 12.5 Å². The van der Waals surface area contributed by atoms with Crippen LogP contribution in [0.5, 0.6) is 11.5 Å². The van der Waals surface area contributed by atoms with E-state index in [0.29, 0.717) is 35.1 Å². The molecule has 0 saturated heterocycles. The van der Waals surface area contributed by atoms with Crippen LogP contribution in [-0.2, 0) is 11.3 Å². The minimum Gasteiger partial charge on any atom is -0.489 e. The van der Waals surface area contributed by atoms with Crippen LogP contribution < -0.4 is 9.47 Å². The standard InChI is InChI=1S/C23H21BrFN3O3/c1-14(12-29-2)31-19-8-16(22-27-21-9-17(24)11-26-23(21)28-22)7-18(10-19)30-13-15-5-3-4-6-20(15)25/h3-11,14H,12-13H2,1-2H3,(H,26,27,28)/t14-/m0/s1. The fourth-order valence-corrected chi connectivity index (χ4v) is 3.46. The zero-order valence-electron chi connectivity index (χ0n) is 17.1. The summed E-state index contributed by atoms with van der Waals surface area (Å²) in [5.74, 6) is 1.45. The van der Waals surface area contributed by atoms with Gasteiger partial charge >= 0.3 is 0 Å². The Morgan fingerprint density at radius 2 is 1.94 bits per heavy atom. The summed E-state index contributed by atoms with van der Waals surface area (Å²) >= 11 is 3.41. The molecule has 1 atom stereocenters. The van der Waals surface area contributed by atoms with Crippen molar-refractivity contribution in [3.63, 3.8) is 0 Å². The predicted molar refractivity (Wildman–Crippen MR) is 120 cm³/mol. The second-order valence-corrected chi connectivity index (χ2v) is 7.98. The van der Waals surface area contributed by atoms with E-state index in [9.17, 15) is 4.39 Å². The maximum Gasteiger partial charge on any atom is 0.157 e.